The summed E-state index contributed by atoms with van der Waals surface area (Å²) in [6.07, 6.45) is 0.367. The van der Waals surface area contributed by atoms with E-state index in [0.29, 0.717) is 12.0 Å². The zero-order valence-corrected chi connectivity index (χ0v) is 21.3. The van der Waals surface area contributed by atoms with Gasteiger partial charge in [-0.3, -0.25) is 9.69 Å². The molecule has 0 saturated heterocycles. The minimum absolute atomic E-state index is 0.0162. The van der Waals surface area contributed by atoms with E-state index < -0.39 is 13.7 Å². The van der Waals surface area contributed by atoms with Crippen molar-refractivity contribution in [3.8, 4) is 23.0 Å². The van der Waals surface area contributed by atoms with E-state index in [4.69, 9.17) is 18.5 Å². The predicted molar refractivity (Wildman–Crippen MR) is 141 cm³/mol. The van der Waals surface area contributed by atoms with Gasteiger partial charge in [0.1, 0.15) is 5.75 Å². The smallest absolute Gasteiger partial charge is 0.493 e. The van der Waals surface area contributed by atoms with Crippen LogP contribution in [0.3, 0.4) is 0 Å². The number of hydrogen-bond donors (Lipinski definition) is 1. The van der Waals surface area contributed by atoms with Crippen molar-refractivity contribution < 1.29 is 32.8 Å². The maximum absolute atomic E-state index is 13.4. The lowest BCUT2D eigenvalue weighted by atomic mass is 9.85. The molecule has 0 saturated carbocycles. The third-order valence-electron chi connectivity index (χ3n) is 5.73. The van der Waals surface area contributed by atoms with Crippen molar-refractivity contribution in [2.24, 2.45) is 0 Å². The number of carbonyl (C=O) groups is 1. The Morgan fingerprint density at radius 1 is 0.784 bits per heavy atom. The molecule has 2 unspecified atom stereocenters. The summed E-state index contributed by atoms with van der Waals surface area (Å²) in [5.74, 6) is 0.0434. The topological polar surface area (TPSA) is 91.3 Å². The maximum atomic E-state index is 13.4. The number of hydrogen-bond acceptors (Lipinski definition) is 6. The second kappa shape index (κ2) is 11.8. The molecule has 0 aliphatic rings. The Morgan fingerprint density at radius 2 is 1.38 bits per heavy atom. The fourth-order valence-corrected chi connectivity index (χ4v) is 4.82. The lowest BCUT2D eigenvalue weighted by Crippen LogP contribution is -2.15. The molecule has 8 heteroatoms. The highest BCUT2D eigenvalue weighted by molar-refractivity contribution is 7.48. The van der Waals surface area contributed by atoms with E-state index in [2.05, 4.69) is 0 Å². The number of benzene rings is 4. The Hall–Kier alpha value is -4.06. The number of rotatable bonds is 11. The molecule has 4 rings (SSSR count). The fraction of sp³-hybridized carbons (Fsp3) is 0.138. The van der Waals surface area contributed by atoms with Gasteiger partial charge in [0.25, 0.3) is 0 Å². The largest absolute Gasteiger partial charge is 0.585 e. The highest BCUT2D eigenvalue weighted by Gasteiger charge is 2.29. The second-order valence-corrected chi connectivity index (χ2v) is 9.49. The van der Waals surface area contributed by atoms with Gasteiger partial charge in [-0.25, -0.2) is 4.57 Å². The van der Waals surface area contributed by atoms with Gasteiger partial charge in [0.2, 0.25) is 5.75 Å². The first-order valence-corrected chi connectivity index (χ1v) is 13.1. The summed E-state index contributed by atoms with van der Waals surface area (Å²) in [6.45, 7) is 0. The Labute approximate surface area is 215 Å². The first kappa shape index (κ1) is 26.0. The van der Waals surface area contributed by atoms with Gasteiger partial charge in [-0.1, -0.05) is 78.9 Å². The number of para-hydroxylation sites is 1. The van der Waals surface area contributed by atoms with Gasteiger partial charge in [0.15, 0.2) is 17.3 Å². The third-order valence-corrected chi connectivity index (χ3v) is 6.58. The van der Waals surface area contributed by atoms with E-state index in [9.17, 15) is 14.3 Å². The molecular formula is C29H27O7P. The molecule has 0 radical (unpaired) electrons. The zero-order chi connectivity index (χ0) is 26.3. The van der Waals surface area contributed by atoms with Crippen molar-refractivity contribution >= 4 is 13.6 Å². The van der Waals surface area contributed by atoms with Crippen molar-refractivity contribution in [1.29, 1.82) is 0 Å². The molecule has 1 N–H and O–H groups in total. The van der Waals surface area contributed by atoms with Crippen molar-refractivity contribution in [2.45, 2.75) is 12.3 Å². The lowest BCUT2D eigenvalue weighted by Gasteiger charge is -2.19. The molecule has 0 spiro atoms. The summed E-state index contributed by atoms with van der Waals surface area (Å²) in [4.78, 5) is 23.9. The van der Waals surface area contributed by atoms with E-state index in [0.717, 1.165) is 11.1 Å². The van der Waals surface area contributed by atoms with Crippen molar-refractivity contribution in [3.05, 3.63) is 120 Å². The van der Waals surface area contributed by atoms with E-state index in [1.807, 2.05) is 54.6 Å². The van der Waals surface area contributed by atoms with E-state index >= 15 is 0 Å². The van der Waals surface area contributed by atoms with Crippen molar-refractivity contribution in [1.82, 2.24) is 0 Å². The molecule has 0 aliphatic heterocycles. The van der Waals surface area contributed by atoms with Crippen LogP contribution < -0.4 is 18.5 Å². The van der Waals surface area contributed by atoms with Gasteiger partial charge in [-0.05, 0) is 41.8 Å². The van der Waals surface area contributed by atoms with E-state index in [1.54, 1.807) is 48.5 Å². The highest BCUT2D eigenvalue weighted by Crippen LogP contribution is 2.50. The van der Waals surface area contributed by atoms with Crippen LogP contribution in [0.5, 0.6) is 23.0 Å². The summed E-state index contributed by atoms with van der Waals surface area (Å²) >= 11 is 0. The monoisotopic (exact) mass is 518 g/mol. The van der Waals surface area contributed by atoms with Crippen LogP contribution in [0.25, 0.3) is 0 Å². The Bertz CT molecular complexity index is 1370. The summed E-state index contributed by atoms with van der Waals surface area (Å²) < 4.78 is 34.0. The standard InChI is InChI=1S/C29H27O7P/c1-33-26-17-10-18-27(34-2)29(26)36-37(31,32)35-24-16-9-11-21(19-24)20-25(22-12-5-3-6-13-22)28(30)23-14-7-4-8-15-23/h3-19,25H,20H2,1-2H3,(H,31,32). The molecule has 190 valence electrons. The number of ether oxygens (including phenoxy) is 2. The zero-order valence-electron chi connectivity index (χ0n) is 20.4. The average molecular weight is 519 g/mol. The minimum atomic E-state index is -4.62. The van der Waals surface area contributed by atoms with Crippen LogP contribution in [0.2, 0.25) is 0 Å². The number of phosphoric acid groups is 1. The van der Waals surface area contributed by atoms with Gasteiger partial charge < -0.3 is 18.5 Å². The van der Waals surface area contributed by atoms with Gasteiger partial charge in [-0.2, -0.15) is 0 Å². The number of ketones is 1. The van der Waals surface area contributed by atoms with Gasteiger partial charge >= 0.3 is 7.82 Å². The molecular weight excluding hydrogens is 491 g/mol. The summed E-state index contributed by atoms with van der Waals surface area (Å²) in [6, 6.07) is 30.2. The summed E-state index contributed by atoms with van der Waals surface area (Å²) in [5.41, 5.74) is 2.25. The Morgan fingerprint density at radius 3 is 2.00 bits per heavy atom. The summed E-state index contributed by atoms with van der Waals surface area (Å²) in [7, 11) is -1.80. The van der Waals surface area contributed by atoms with Crippen molar-refractivity contribution in [3.63, 3.8) is 0 Å². The number of Topliss-reactive ketones (excluding diaryl/α,β-unsaturated/α-hetero) is 1. The Balaban J connectivity index is 1.57. The molecule has 0 bridgehead atoms. The molecule has 4 aromatic rings. The summed E-state index contributed by atoms with van der Waals surface area (Å²) in [5, 5.41) is 0. The molecule has 0 amide bonds. The quantitative estimate of drug-likeness (QED) is 0.180. The number of methoxy groups -OCH3 is 2. The molecule has 0 fully saturated rings. The van der Waals surface area contributed by atoms with Gasteiger partial charge in [-0.15, -0.1) is 0 Å². The fourth-order valence-electron chi connectivity index (χ4n) is 3.99. The number of carbonyl (C=O) groups excluding carboxylic acids is 1. The van der Waals surface area contributed by atoms with E-state index in [-0.39, 0.29) is 28.8 Å². The molecule has 0 aromatic heterocycles. The van der Waals surface area contributed by atoms with Crippen LogP contribution in [0.4, 0.5) is 0 Å². The first-order chi connectivity index (χ1) is 17.9. The third kappa shape index (κ3) is 6.58. The molecule has 4 aromatic carbocycles. The average Bonchev–Trinajstić information content (AvgIpc) is 2.92. The van der Waals surface area contributed by atoms with Gasteiger partial charge in [0.05, 0.1) is 20.1 Å². The van der Waals surface area contributed by atoms with Crippen LogP contribution >= 0.6 is 7.82 Å². The SMILES string of the molecule is COc1cccc(OC)c1OP(=O)(O)Oc1cccc(CC(C(=O)c2ccccc2)c2ccccc2)c1. The molecule has 2 atom stereocenters. The Kier molecular flexibility index (Phi) is 8.29. The highest BCUT2D eigenvalue weighted by atomic mass is 31.2. The van der Waals surface area contributed by atoms with Crippen LogP contribution in [0.1, 0.15) is 27.4 Å². The molecule has 7 nitrogen and oxygen atoms in total. The number of phosphoric ester groups is 1. The van der Waals surface area contributed by atoms with Crippen LogP contribution in [0, 0.1) is 0 Å². The minimum Gasteiger partial charge on any atom is -0.493 e. The molecule has 0 heterocycles. The lowest BCUT2D eigenvalue weighted by molar-refractivity contribution is 0.0958. The van der Waals surface area contributed by atoms with Crippen LogP contribution in [0.15, 0.2) is 103 Å². The molecule has 37 heavy (non-hydrogen) atoms. The second-order valence-electron chi connectivity index (χ2n) is 8.19. The maximum Gasteiger partial charge on any atom is 0.585 e. The predicted octanol–water partition coefficient (Wildman–Crippen LogP) is 6.47. The van der Waals surface area contributed by atoms with Gasteiger partial charge in [0, 0.05) is 5.56 Å². The van der Waals surface area contributed by atoms with Crippen LogP contribution in [-0.2, 0) is 11.0 Å². The van der Waals surface area contributed by atoms with Crippen LogP contribution in [-0.4, -0.2) is 24.9 Å². The normalized spacial score (nSPS) is 13.2. The van der Waals surface area contributed by atoms with Crippen molar-refractivity contribution in [2.75, 3.05) is 14.2 Å². The molecule has 0 aliphatic carbocycles. The first-order valence-electron chi connectivity index (χ1n) is 11.6. The van der Waals surface area contributed by atoms with E-state index in [1.165, 1.54) is 14.2 Å².